The van der Waals surface area contributed by atoms with Crippen LogP contribution in [0.4, 0.5) is 0 Å². The summed E-state index contributed by atoms with van der Waals surface area (Å²) in [5.41, 5.74) is 0.978. The highest BCUT2D eigenvalue weighted by atomic mass is 32.2. The van der Waals surface area contributed by atoms with Crippen molar-refractivity contribution < 1.29 is 19.1 Å². The van der Waals surface area contributed by atoms with Gasteiger partial charge in [-0.3, -0.25) is 9.59 Å². The monoisotopic (exact) mass is 592 g/mol. The maximum absolute atomic E-state index is 12.1. The summed E-state index contributed by atoms with van der Waals surface area (Å²) in [5, 5.41) is 0. The second-order valence-corrected chi connectivity index (χ2v) is 16.3. The van der Waals surface area contributed by atoms with Gasteiger partial charge in [0.1, 0.15) is 12.5 Å². The van der Waals surface area contributed by atoms with Crippen molar-refractivity contribution in [3.63, 3.8) is 0 Å². The van der Waals surface area contributed by atoms with E-state index in [9.17, 15) is 9.59 Å². The molecule has 6 heteroatoms. The van der Waals surface area contributed by atoms with Crippen LogP contribution in [-0.2, 0) is 19.1 Å². The van der Waals surface area contributed by atoms with Crippen LogP contribution in [0, 0.1) is 52.3 Å². The van der Waals surface area contributed by atoms with Crippen molar-refractivity contribution >= 4 is 40.1 Å². The third-order valence-corrected chi connectivity index (χ3v) is 13.3. The summed E-state index contributed by atoms with van der Waals surface area (Å²) in [5.74, 6) is 5.57. The molecule has 0 unspecified atom stereocenters. The van der Waals surface area contributed by atoms with Crippen LogP contribution in [0.5, 0.6) is 0 Å². The first-order valence-corrected chi connectivity index (χ1v) is 17.9. The van der Waals surface area contributed by atoms with Crippen molar-refractivity contribution in [3.8, 4) is 0 Å². The van der Waals surface area contributed by atoms with E-state index < -0.39 is 5.97 Å². The molecule has 4 saturated carbocycles. The molecule has 228 valence electrons. The predicted octanol–water partition coefficient (Wildman–Crippen LogP) is 9.03. The van der Waals surface area contributed by atoms with Gasteiger partial charge >= 0.3 is 5.97 Å². The molecule has 9 atom stereocenters. The third kappa shape index (κ3) is 7.12. The number of carbonyl (C=O) groups is 2. The topological polar surface area (TPSA) is 52.6 Å². The first-order valence-electron chi connectivity index (χ1n) is 16.5. The van der Waals surface area contributed by atoms with Crippen LogP contribution in [0.15, 0.2) is 0 Å². The molecular formula is C34H56O4S2. The van der Waals surface area contributed by atoms with Crippen LogP contribution in [0.3, 0.4) is 0 Å². The quantitative estimate of drug-likeness (QED) is 0.136. The van der Waals surface area contributed by atoms with Gasteiger partial charge in [0.25, 0.3) is 0 Å². The number of fused-ring (bicyclic) bond motifs is 5. The molecule has 4 aliphatic rings. The molecule has 0 heterocycles. The number of ketones is 1. The van der Waals surface area contributed by atoms with Gasteiger partial charge in [-0.25, -0.2) is 0 Å². The first-order chi connectivity index (χ1) is 19.0. The van der Waals surface area contributed by atoms with Crippen molar-refractivity contribution in [2.24, 2.45) is 52.3 Å². The third-order valence-electron chi connectivity index (χ3n) is 12.1. The van der Waals surface area contributed by atoms with Gasteiger partial charge in [0.05, 0.1) is 12.4 Å². The maximum atomic E-state index is 12.1. The van der Waals surface area contributed by atoms with Gasteiger partial charge in [0.2, 0.25) is 4.38 Å². The molecule has 0 saturated heterocycles. The number of thiocarbonyl (C=S) groups is 1. The molecule has 4 rings (SSSR count). The van der Waals surface area contributed by atoms with Gasteiger partial charge in [0, 0.05) is 0 Å². The second kappa shape index (κ2) is 13.8. The highest BCUT2D eigenvalue weighted by Gasteiger charge is 2.60. The smallest absolute Gasteiger partial charge is 0.313 e. The van der Waals surface area contributed by atoms with E-state index in [0.29, 0.717) is 27.7 Å². The number of hydrogen-bond donors (Lipinski definition) is 0. The Morgan fingerprint density at radius 1 is 0.950 bits per heavy atom. The van der Waals surface area contributed by atoms with Gasteiger partial charge in [0.15, 0.2) is 5.78 Å². The standard InChI is InChI=1S/C34H56O4S2/c1-7-37-31(36)20-25(35)21-40-32(39)38-26-15-17-33(5)24(19-26)11-12-27-29-14-13-28(23(4)10-8-9-22(2)3)34(29,6)18-16-30(27)33/h22-24,26-30H,7-21H2,1-6H3/t23-,24+,26+,27+,28-,29+,30+,33+,34-/m1/s1. The van der Waals surface area contributed by atoms with Crippen molar-refractivity contribution in [3.05, 3.63) is 0 Å². The number of esters is 1. The van der Waals surface area contributed by atoms with Crippen LogP contribution >= 0.6 is 24.0 Å². The number of thioether (sulfide) groups is 1. The van der Waals surface area contributed by atoms with E-state index in [1.54, 1.807) is 6.92 Å². The summed E-state index contributed by atoms with van der Waals surface area (Å²) in [6.45, 7) is 14.7. The Morgan fingerprint density at radius 3 is 2.40 bits per heavy atom. The average molecular weight is 593 g/mol. The van der Waals surface area contributed by atoms with Crippen LogP contribution in [0.25, 0.3) is 0 Å². The van der Waals surface area contributed by atoms with Crippen molar-refractivity contribution in [1.29, 1.82) is 0 Å². The average Bonchev–Trinajstić information content (AvgIpc) is 3.25. The number of hydrogen-bond acceptors (Lipinski definition) is 6. The Balaban J connectivity index is 1.29. The van der Waals surface area contributed by atoms with Crippen molar-refractivity contribution in [1.82, 2.24) is 0 Å². The Hall–Kier alpha value is -0.620. The SMILES string of the molecule is CCOC(=O)CC(=O)CSC(=S)O[C@H]1CC[C@@]2(C)[C@@H](CC[C@@H]3[C@@H]2CC[C@]2(C)[C@@H]([C@H](C)CCCC(C)C)CC[C@@H]32)C1. The fourth-order valence-electron chi connectivity index (χ4n) is 10.1. The Labute approximate surface area is 254 Å². The molecule has 4 fully saturated rings. The minimum Gasteiger partial charge on any atom is -0.475 e. The maximum Gasteiger partial charge on any atom is 0.313 e. The molecule has 0 N–H and O–H groups in total. The highest BCUT2D eigenvalue weighted by Crippen LogP contribution is 2.68. The Bertz CT molecular complexity index is 904. The van der Waals surface area contributed by atoms with E-state index in [2.05, 4.69) is 34.6 Å². The fraction of sp³-hybridized carbons (Fsp3) is 0.912. The molecule has 0 bridgehead atoms. The van der Waals surface area contributed by atoms with Crippen LogP contribution in [-0.4, -0.2) is 34.6 Å². The summed E-state index contributed by atoms with van der Waals surface area (Å²) in [7, 11) is 0. The molecule has 0 aromatic heterocycles. The first kappa shape index (κ1) is 32.3. The zero-order valence-electron chi connectivity index (χ0n) is 26.2. The zero-order chi connectivity index (χ0) is 29.1. The molecule has 0 spiro atoms. The van der Waals surface area contributed by atoms with Gasteiger partial charge in [-0.05, 0) is 129 Å². The molecule has 4 aliphatic carbocycles. The van der Waals surface area contributed by atoms with E-state index in [0.717, 1.165) is 48.3 Å². The lowest BCUT2D eigenvalue weighted by Gasteiger charge is -2.61. The van der Waals surface area contributed by atoms with E-state index in [1.807, 2.05) is 0 Å². The minimum absolute atomic E-state index is 0.159. The summed E-state index contributed by atoms with van der Waals surface area (Å²) in [6, 6.07) is 0. The lowest BCUT2D eigenvalue weighted by molar-refractivity contribution is -0.145. The van der Waals surface area contributed by atoms with E-state index in [1.165, 1.54) is 76.0 Å². The molecule has 0 amide bonds. The normalized spacial score (nSPS) is 37.7. The summed E-state index contributed by atoms with van der Waals surface area (Å²) in [6.07, 6.45) is 16.1. The molecule has 40 heavy (non-hydrogen) atoms. The van der Waals surface area contributed by atoms with E-state index >= 15 is 0 Å². The van der Waals surface area contributed by atoms with Gasteiger partial charge in [-0.2, -0.15) is 0 Å². The number of carbonyl (C=O) groups excluding carboxylic acids is 2. The summed E-state index contributed by atoms with van der Waals surface area (Å²) in [4.78, 5) is 23.6. The van der Waals surface area contributed by atoms with Crippen LogP contribution in [0.1, 0.15) is 125 Å². The summed E-state index contributed by atoms with van der Waals surface area (Å²) < 4.78 is 11.5. The number of Topliss-reactive ketones (excluding diaryl/α,β-unsaturated/α-hetero) is 1. The van der Waals surface area contributed by atoms with E-state index in [-0.39, 0.29) is 24.1 Å². The largest absolute Gasteiger partial charge is 0.475 e. The minimum atomic E-state index is -0.464. The van der Waals surface area contributed by atoms with Crippen LogP contribution in [0.2, 0.25) is 0 Å². The molecule has 0 aliphatic heterocycles. The molecule has 4 nitrogen and oxygen atoms in total. The lowest BCUT2D eigenvalue weighted by Crippen LogP contribution is -2.54. The van der Waals surface area contributed by atoms with Gasteiger partial charge < -0.3 is 9.47 Å². The Kier molecular flexibility index (Phi) is 11.1. The zero-order valence-corrected chi connectivity index (χ0v) is 27.8. The van der Waals surface area contributed by atoms with Crippen molar-refractivity contribution in [2.45, 2.75) is 131 Å². The summed E-state index contributed by atoms with van der Waals surface area (Å²) >= 11 is 6.75. The predicted molar refractivity (Wildman–Crippen MR) is 169 cm³/mol. The molecule has 0 aromatic rings. The van der Waals surface area contributed by atoms with Crippen molar-refractivity contribution in [2.75, 3.05) is 12.4 Å². The molecule has 0 aromatic carbocycles. The van der Waals surface area contributed by atoms with E-state index in [4.69, 9.17) is 21.7 Å². The van der Waals surface area contributed by atoms with Gasteiger partial charge in [-0.1, -0.05) is 65.6 Å². The number of ether oxygens (including phenoxy) is 2. The number of rotatable bonds is 11. The van der Waals surface area contributed by atoms with Crippen LogP contribution < -0.4 is 0 Å². The van der Waals surface area contributed by atoms with Gasteiger partial charge in [-0.15, -0.1) is 0 Å². The second-order valence-electron chi connectivity index (χ2n) is 14.8. The lowest BCUT2D eigenvalue weighted by atomic mass is 9.44. The highest BCUT2D eigenvalue weighted by molar-refractivity contribution is 8.23. The fourth-order valence-corrected chi connectivity index (χ4v) is 11.0. The molecule has 0 radical (unpaired) electrons. The molecular weight excluding hydrogens is 537 g/mol. The Morgan fingerprint density at radius 2 is 1.68 bits per heavy atom.